The number of hydrogen-bond donors (Lipinski definition) is 1. The van der Waals surface area contributed by atoms with Crippen molar-refractivity contribution in [2.45, 2.75) is 46.6 Å². The quantitative estimate of drug-likeness (QED) is 0.914. The lowest BCUT2D eigenvalue weighted by Gasteiger charge is -2.13. The second-order valence-corrected chi connectivity index (χ2v) is 5.93. The highest BCUT2D eigenvalue weighted by Crippen LogP contribution is 2.24. The van der Waals surface area contributed by atoms with E-state index in [0.717, 1.165) is 17.1 Å². The fourth-order valence-electron chi connectivity index (χ4n) is 1.79. The van der Waals surface area contributed by atoms with E-state index in [0.29, 0.717) is 11.4 Å². The number of aromatic nitrogens is 3. The van der Waals surface area contributed by atoms with Crippen LogP contribution in [0.15, 0.2) is 4.63 Å². The Hall–Kier alpha value is -1.76. The standard InChI is InChI=1S/C13H18N4O2S/c1-5-10(13-14-7(2)9(4)20-13)15-12(18)6-11-8(3)16-19-17-11/h10H,5-6H2,1-4H3,(H,15,18)/t10-/m1/s1. The fraction of sp³-hybridized carbons (Fsp3) is 0.538. The van der Waals surface area contributed by atoms with Crippen molar-refractivity contribution < 1.29 is 9.42 Å². The van der Waals surface area contributed by atoms with Gasteiger partial charge < -0.3 is 5.32 Å². The Morgan fingerprint density at radius 3 is 2.55 bits per heavy atom. The van der Waals surface area contributed by atoms with E-state index in [9.17, 15) is 4.79 Å². The molecule has 2 aromatic rings. The van der Waals surface area contributed by atoms with E-state index in [4.69, 9.17) is 0 Å². The van der Waals surface area contributed by atoms with Crippen molar-refractivity contribution in [3.05, 3.63) is 27.0 Å². The van der Waals surface area contributed by atoms with Gasteiger partial charge in [-0.15, -0.1) is 11.3 Å². The molecule has 1 atom stereocenters. The van der Waals surface area contributed by atoms with E-state index < -0.39 is 0 Å². The molecule has 0 aromatic carbocycles. The molecule has 0 aliphatic carbocycles. The predicted molar refractivity (Wildman–Crippen MR) is 75.5 cm³/mol. The van der Waals surface area contributed by atoms with Gasteiger partial charge in [0.05, 0.1) is 18.2 Å². The van der Waals surface area contributed by atoms with Crippen LogP contribution in [0, 0.1) is 20.8 Å². The van der Waals surface area contributed by atoms with E-state index in [1.807, 2.05) is 20.8 Å². The number of carbonyl (C=O) groups excluding carboxylic acids is 1. The maximum absolute atomic E-state index is 12.1. The number of nitrogens with one attached hydrogen (secondary N) is 1. The summed E-state index contributed by atoms with van der Waals surface area (Å²) in [5.41, 5.74) is 2.24. The summed E-state index contributed by atoms with van der Waals surface area (Å²) in [7, 11) is 0. The molecule has 0 spiro atoms. The molecule has 0 unspecified atom stereocenters. The number of hydrogen-bond acceptors (Lipinski definition) is 6. The smallest absolute Gasteiger partial charge is 0.226 e. The molecule has 0 aliphatic rings. The largest absolute Gasteiger partial charge is 0.347 e. The highest BCUT2D eigenvalue weighted by atomic mass is 32.1. The molecule has 2 rings (SSSR count). The van der Waals surface area contributed by atoms with Crippen LogP contribution >= 0.6 is 11.3 Å². The van der Waals surface area contributed by atoms with Crippen LogP contribution in [0.25, 0.3) is 0 Å². The van der Waals surface area contributed by atoms with Gasteiger partial charge >= 0.3 is 0 Å². The summed E-state index contributed by atoms with van der Waals surface area (Å²) in [4.78, 5) is 17.7. The average Bonchev–Trinajstić information content (AvgIpc) is 2.94. The van der Waals surface area contributed by atoms with Crippen LogP contribution in [0.2, 0.25) is 0 Å². The van der Waals surface area contributed by atoms with Crippen LogP contribution in [0.3, 0.4) is 0 Å². The van der Waals surface area contributed by atoms with E-state index in [-0.39, 0.29) is 18.4 Å². The van der Waals surface area contributed by atoms with Crippen LogP contribution in [-0.4, -0.2) is 21.2 Å². The molecular formula is C13H18N4O2S. The average molecular weight is 294 g/mol. The summed E-state index contributed by atoms with van der Waals surface area (Å²) in [5, 5.41) is 11.3. The van der Waals surface area contributed by atoms with Crippen LogP contribution in [0.5, 0.6) is 0 Å². The van der Waals surface area contributed by atoms with Crippen LogP contribution in [-0.2, 0) is 11.2 Å². The van der Waals surface area contributed by atoms with E-state index in [1.165, 1.54) is 4.88 Å². The monoisotopic (exact) mass is 294 g/mol. The molecule has 1 N–H and O–H groups in total. The third kappa shape index (κ3) is 3.22. The Bertz CT molecular complexity index is 586. The van der Waals surface area contributed by atoms with E-state index in [1.54, 1.807) is 18.3 Å². The molecule has 0 bridgehead atoms. The molecular weight excluding hydrogens is 276 g/mol. The van der Waals surface area contributed by atoms with Gasteiger partial charge in [0.2, 0.25) is 5.91 Å². The Labute approximate surface area is 121 Å². The lowest BCUT2D eigenvalue weighted by atomic mass is 10.2. The number of nitrogens with zero attached hydrogens (tertiary/aromatic N) is 3. The number of aryl methyl sites for hydroxylation is 3. The Balaban J connectivity index is 2.03. The van der Waals surface area contributed by atoms with Gasteiger partial charge in [-0.2, -0.15) is 0 Å². The maximum Gasteiger partial charge on any atom is 0.226 e. The first-order valence-electron chi connectivity index (χ1n) is 6.52. The van der Waals surface area contributed by atoms with Crippen LogP contribution in [0.4, 0.5) is 0 Å². The number of thiazole rings is 1. The number of carbonyl (C=O) groups is 1. The second-order valence-electron chi connectivity index (χ2n) is 4.70. The predicted octanol–water partition coefficient (Wildman–Crippen LogP) is 2.26. The molecule has 2 aromatic heterocycles. The van der Waals surface area contributed by atoms with Crippen molar-refractivity contribution in [2.24, 2.45) is 0 Å². The van der Waals surface area contributed by atoms with Gasteiger partial charge in [0, 0.05) is 4.88 Å². The van der Waals surface area contributed by atoms with Crippen molar-refractivity contribution in [2.75, 3.05) is 0 Å². The second kappa shape index (κ2) is 6.13. The summed E-state index contributed by atoms with van der Waals surface area (Å²) in [6.45, 7) is 7.81. The molecule has 6 nitrogen and oxygen atoms in total. The maximum atomic E-state index is 12.1. The van der Waals surface area contributed by atoms with Crippen molar-refractivity contribution in [1.82, 2.24) is 20.6 Å². The summed E-state index contributed by atoms with van der Waals surface area (Å²) in [6, 6.07) is -0.0555. The van der Waals surface area contributed by atoms with Gasteiger partial charge in [0.1, 0.15) is 16.4 Å². The Kier molecular flexibility index (Phi) is 4.49. The third-order valence-electron chi connectivity index (χ3n) is 3.16. The van der Waals surface area contributed by atoms with Crippen molar-refractivity contribution in [3.63, 3.8) is 0 Å². The molecule has 2 heterocycles. The molecule has 0 saturated heterocycles. The minimum Gasteiger partial charge on any atom is -0.347 e. The SMILES string of the molecule is CC[C@@H](NC(=O)Cc1nonc1C)c1nc(C)c(C)s1. The fourth-order valence-corrected chi connectivity index (χ4v) is 2.85. The molecule has 20 heavy (non-hydrogen) atoms. The third-order valence-corrected chi connectivity index (χ3v) is 4.35. The lowest BCUT2D eigenvalue weighted by Crippen LogP contribution is -2.29. The van der Waals surface area contributed by atoms with Gasteiger partial charge in [-0.25, -0.2) is 9.61 Å². The first-order valence-corrected chi connectivity index (χ1v) is 7.34. The van der Waals surface area contributed by atoms with Crippen LogP contribution < -0.4 is 5.32 Å². The highest BCUT2D eigenvalue weighted by molar-refractivity contribution is 7.11. The van der Waals surface area contributed by atoms with Crippen LogP contribution in [0.1, 0.15) is 46.4 Å². The first kappa shape index (κ1) is 14.6. The molecule has 0 saturated carbocycles. The van der Waals surface area contributed by atoms with E-state index in [2.05, 4.69) is 25.2 Å². The molecule has 1 amide bonds. The Morgan fingerprint density at radius 2 is 2.05 bits per heavy atom. The van der Waals surface area contributed by atoms with Gasteiger partial charge in [0.25, 0.3) is 0 Å². The highest BCUT2D eigenvalue weighted by Gasteiger charge is 2.19. The van der Waals surface area contributed by atoms with Gasteiger partial charge in [-0.1, -0.05) is 17.2 Å². The zero-order chi connectivity index (χ0) is 14.7. The molecule has 0 fully saturated rings. The first-order chi connectivity index (χ1) is 9.51. The minimum absolute atomic E-state index is 0.0555. The van der Waals surface area contributed by atoms with Crippen molar-refractivity contribution in [1.29, 1.82) is 0 Å². The normalized spacial score (nSPS) is 12.4. The zero-order valence-corrected chi connectivity index (χ0v) is 12.9. The topological polar surface area (TPSA) is 80.9 Å². The van der Waals surface area contributed by atoms with Gasteiger partial charge in [-0.05, 0) is 27.2 Å². The summed E-state index contributed by atoms with van der Waals surface area (Å²) in [5.74, 6) is -0.0962. The summed E-state index contributed by atoms with van der Waals surface area (Å²) in [6.07, 6.45) is 0.976. The summed E-state index contributed by atoms with van der Waals surface area (Å²) < 4.78 is 4.59. The molecule has 0 radical (unpaired) electrons. The molecule has 108 valence electrons. The zero-order valence-electron chi connectivity index (χ0n) is 12.1. The number of amides is 1. The summed E-state index contributed by atoms with van der Waals surface area (Å²) >= 11 is 1.63. The van der Waals surface area contributed by atoms with Crippen molar-refractivity contribution in [3.8, 4) is 0 Å². The Morgan fingerprint density at radius 1 is 1.30 bits per heavy atom. The minimum atomic E-state index is -0.0962. The van der Waals surface area contributed by atoms with Gasteiger partial charge in [0.15, 0.2) is 0 Å². The molecule has 7 heteroatoms. The lowest BCUT2D eigenvalue weighted by molar-refractivity contribution is -0.121. The molecule has 0 aliphatic heterocycles. The van der Waals surface area contributed by atoms with E-state index >= 15 is 0 Å². The van der Waals surface area contributed by atoms with Crippen molar-refractivity contribution >= 4 is 17.2 Å². The number of rotatable bonds is 5. The van der Waals surface area contributed by atoms with Gasteiger partial charge in [-0.3, -0.25) is 4.79 Å².